The SMILES string of the molecule is NC(CO)C(O)c1cccc(Cl)c1. The summed E-state index contributed by atoms with van der Waals surface area (Å²) in [5, 5.41) is 18.8. The van der Waals surface area contributed by atoms with Crippen molar-refractivity contribution in [3.8, 4) is 0 Å². The summed E-state index contributed by atoms with van der Waals surface area (Å²) < 4.78 is 0. The van der Waals surface area contributed by atoms with Gasteiger partial charge in [0.15, 0.2) is 0 Å². The van der Waals surface area contributed by atoms with Crippen LogP contribution in [0.4, 0.5) is 0 Å². The van der Waals surface area contributed by atoms with Gasteiger partial charge in [0.05, 0.1) is 18.8 Å². The average molecular weight is 202 g/mol. The zero-order valence-corrected chi connectivity index (χ0v) is 7.78. The summed E-state index contributed by atoms with van der Waals surface area (Å²) in [6.45, 7) is -0.256. The van der Waals surface area contributed by atoms with Crippen molar-refractivity contribution in [2.75, 3.05) is 6.61 Å². The molecule has 72 valence electrons. The molecule has 3 nitrogen and oxygen atoms in total. The van der Waals surface area contributed by atoms with Crippen LogP contribution in [0.25, 0.3) is 0 Å². The minimum absolute atomic E-state index is 0.256. The van der Waals surface area contributed by atoms with E-state index in [2.05, 4.69) is 0 Å². The number of hydrogen-bond acceptors (Lipinski definition) is 3. The smallest absolute Gasteiger partial charge is 0.0963 e. The minimum Gasteiger partial charge on any atom is -0.395 e. The van der Waals surface area contributed by atoms with Gasteiger partial charge in [-0.3, -0.25) is 0 Å². The molecule has 0 aliphatic rings. The second kappa shape index (κ2) is 4.58. The van der Waals surface area contributed by atoms with E-state index in [-0.39, 0.29) is 6.61 Å². The lowest BCUT2D eigenvalue weighted by Gasteiger charge is -2.16. The molecule has 0 radical (unpaired) electrons. The zero-order valence-electron chi connectivity index (χ0n) is 7.02. The Morgan fingerprint density at radius 1 is 1.46 bits per heavy atom. The third-order valence-corrected chi connectivity index (χ3v) is 2.04. The Balaban J connectivity index is 2.82. The highest BCUT2D eigenvalue weighted by atomic mass is 35.5. The van der Waals surface area contributed by atoms with Crippen molar-refractivity contribution >= 4 is 11.6 Å². The normalized spacial score (nSPS) is 15.4. The molecule has 0 aliphatic carbocycles. The Labute approximate surface area is 81.8 Å². The second-order valence-electron chi connectivity index (χ2n) is 2.85. The van der Waals surface area contributed by atoms with E-state index >= 15 is 0 Å². The van der Waals surface area contributed by atoms with Crippen LogP contribution in [0.5, 0.6) is 0 Å². The van der Waals surface area contributed by atoms with Crippen LogP contribution in [-0.4, -0.2) is 22.9 Å². The lowest BCUT2D eigenvalue weighted by atomic mass is 10.0. The van der Waals surface area contributed by atoms with Gasteiger partial charge < -0.3 is 15.9 Å². The number of halogens is 1. The first-order valence-electron chi connectivity index (χ1n) is 3.95. The van der Waals surface area contributed by atoms with Gasteiger partial charge in [0, 0.05) is 5.02 Å². The molecule has 0 aromatic heterocycles. The molecule has 1 aromatic carbocycles. The third-order valence-electron chi connectivity index (χ3n) is 1.81. The largest absolute Gasteiger partial charge is 0.395 e. The van der Waals surface area contributed by atoms with Gasteiger partial charge in [0.25, 0.3) is 0 Å². The Morgan fingerprint density at radius 2 is 2.15 bits per heavy atom. The number of aliphatic hydroxyl groups excluding tert-OH is 2. The van der Waals surface area contributed by atoms with E-state index in [0.717, 1.165) is 0 Å². The maximum atomic E-state index is 9.57. The minimum atomic E-state index is -0.872. The molecule has 0 spiro atoms. The fourth-order valence-electron chi connectivity index (χ4n) is 1.04. The molecular weight excluding hydrogens is 190 g/mol. The average Bonchev–Trinajstić information content (AvgIpc) is 2.15. The summed E-state index contributed by atoms with van der Waals surface area (Å²) in [7, 11) is 0. The summed E-state index contributed by atoms with van der Waals surface area (Å²) in [5.41, 5.74) is 6.07. The molecule has 0 fully saturated rings. The molecule has 1 rings (SSSR count). The molecular formula is C9H12ClNO2. The highest BCUT2D eigenvalue weighted by Gasteiger charge is 2.15. The first-order chi connectivity index (χ1) is 6.15. The maximum absolute atomic E-state index is 9.57. The molecule has 0 amide bonds. The van der Waals surface area contributed by atoms with Crippen molar-refractivity contribution in [2.24, 2.45) is 5.73 Å². The summed E-state index contributed by atoms with van der Waals surface area (Å²) in [5.74, 6) is 0. The summed E-state index contributed by atoms with van der Waals surface area (Å²) >= 11 is 5.72. The third kappa shape index (κ3) is 2.67. The first kappa shape index (κ1) is 10.5. The summed E-state index contributed by atoms with van der Waals surface area (Å²) in [6.07, 6.45) is -0.872. The predicted molar refractivity (Wildman–Crippen MR) is 51.5 cm³/mol. The molecule has 0 saturated carbocycles. The van der Waals surface area contributed by atoms with Gasteiger partial charge in [-0.05, 0) is 17.7 Å². The van der Waals surface area contributed by atoms with Crippen LogP contribution in [0.3, 0.4) is 0 Å². The monoisotopic (exact) mass is 201 g/mol. The van der Waals surface area contributed by atoms with Crippen molar-refractivity contribution < 1.29 is 10.2 Å². The van der Waals surface area contributed by atoms with Crippen LogP contribution in [0.15, 0.2) is 24.3 Å². The van der Waals surface area contributed by atoms with E-state index < -0.39 is 12.1 Å². The fraction of sp³-hybridized carbons (Fsp3) is 0.333. The number of rotatable bonds is 3. The predicted octanol–water partition coefficient (Wildman–Crippen LogP) is 0.693. The van der Waals surface area contributed by atoms with E-state index in [1.54, 1.807) is 24.3 Å². The number of benzene rings is 1. The van der Waals surface area contributed by atoms with E-state index in [9.17, 15) is 5.11 Å². The topological polar surface area (TPSA) is 66.5 Å². The van der Waals surface area contributed by atoms with Crippen molar-refractivity contribution in [3.63, 3.8) is 0 Å². The lowest BCUT2D eigenvalue weighted by molar-refractivity contribution is 0.109. The standard InChI is InChI=1S/C9H12ClNO2/c10-7-3-1-2-6(4-7)9(13)8(11)5-12/h1-4,8-9,12-13H,5,11H2. The fourth-order valence-corrected chi connectivity index (χ4v) is 1.24. The lowest BCUT2D eigenvalue weighted by Crippen LogP contribution is -2.31. The number of hydrogen-bond donors (Lipinski definition) is 3. The quantitative estimate of drug-likeness (QED) is 0.674. The van der Waals surface area contributed by atoms with E-state index in [1.807, 2.05) is 0 Å². The van der Waals surface area contributed by atoms with Crippen LogP contribution in [0.1, 0.15) is 11.7 Å². The molecule has 0 aliphatic heterocycles. The molecule has 4 heteroatoms. The molecule has 0 heterocycles. The number of aliphatic hydroxyl groups is 2. The highest BCUT2D eigenvalue weighted by Crippen LogP contribution is 2.19. The molecule has 0 bridgehead atoms. The molecule has 2 atom stereocenters. The van der Waals surface area contributed by atoms with Gasteiger partial charge in [0.1, 0.15) is 0 Å². The molecule has 2 unspecified atom stereocenters. The molecule has 0 saturated heterocycles. The Morgan fingerprint density at radius 3 is 2.69 bits per heavy atom. The van der Waals surface area contributed by atoms with E-state index in [4.69, 9.17) is 22.4 Å². The molecule has 4 N–H and O–H groups in total. The van der Waals surface area contributed by atoms with Gasteiger partial charge in [-0.25, -0.2) is 0 Å². The maximum Gasteiger partial charge on any atom is 0.0963 e. The van der Waals surface area contributed by atoms with Crippen molar-refractivity contribution in [1.29, 1.82) is 0 Å². The van der Waals surface area contributed by atoms with E-state index in [1.165, 1.54) is 0 Å². The first-order valence-corrected chi connectivity index (χ1v) is 4.33. The van der Waals surface area contributed by atoms with Crippen molar-refractivity contribution in [2.45, 2.75) is 12.1 Å². The zero-order chi connectivity index (χ0) is 9.84. The van der Waals surface area contributed by atoms with Crippen LogP contribution in [-0.2, 0) is 0 Å². The van der Waals surface area contributed by atoms with Crippen molar-refractivity contribution in [3.05, 3.63) is 34.9 Å². The van der Waals surface area contributed by atoms with Crippen LogP contribution in [0, 0.1) is 0 Å². The van der Waals surface area contributed by atoms with E-state index in [0.29, 0.717) is 10.6 Å². The molecule has 1 aromatic rings. The Kier molecular flexibility index (Phi) is 3.69. The summed E-state index contributed by atoms with van der Waals surface area (Å²) in [6, 6.07) is 6.11. The van der Waals surface area contributed by atoms with Gasteiger partial charge in [0.2, 0.25) is 0 Å². The van der Waals surface area contributed by atoms with Crippen LogP contribution >= 0.6 is 11.6 Å². The van der Waals surface area contributed by atoms with Crippen LogP contribution in [0.2, 0.25) is 5.02 Å². The van der Waals surface area contributed by atoms with Crippen LogP contribution < -0.4 is 5.73 Å². The molecule has 13 heavy (non-hydrogen) atoms. The van der Waals surface area contributed by atoms with Gasteiger partial charge in [-0.1, -0.05) is 23.7 Å². The summed E-state index contributed by atoms with van der Waals surface area (Å²) in [4.78, 5) is 0. The Hall–Kier alpha value is -0.610. The second-order valence-corrected chi connectivity index (χ2v) is 3.28. The Bertz CT molecular complexity index is 280. The highest BCUT2D eigenvalue weighted by molar-refractivity contribution is 6.30. The number of nitrogens with two attached hydrogens (primary N) is 1. The van der Waals surface area contributed by atoms with Gasteiger partial charge in [-0.15, -0.1) is 0 Å². The van der Waals surface area contributed by atoms with Crippen molar-refractivity contribution in [1.82, 2.24) is 0 Å². The van der Waals surface area contributed by atoms with Gasteiger partial charge >= 0.3 is 0 Å². The van der Waals surface area contributed by atoms with Gasteiger partial charge in [-0.2, -0.15) is 0 Å².